The minimum Gasteiger partial charge on any atom is -0.343 e. The monoisotopic (exact) mass is 278 g/mol. The SMILES string of the molecule is N#Cc1cc(Cn2ccc(=O)c3ccccc32)ccc1F. The molecule has 0 unspecified atom stereocenters. The normalized spacial score (nSPS) is 10.5. The summed E-state index contributed by atoms with van der Waals surface area (Å²) in [5.41, 5.74) is 1.62. The molecule has 0 amide bonds. The molecule has 3 nitrogen and oxygen atoms in total. The summed E-state index contributed by atoms with van der Waals surface area (Å²) in [7, 11) is 0. The second-order valence-electron chi connectivity index (χ2n) is 4.75. The lowest BCUT2D eigenvalue weighted by Gasteiger charge is -2.11. The van der Waals surface area contributed by atoms with Gasteiger partial charge in [0, 0.05) is 24.2 Å². The van der Waals surface area contributed by atoms with E-state index in [9.17, 15) is 9.18 Å². The van der Waals surface area contributed by atoms with Crippen LogP contribution in [-0.4, -0.2) is 4.57 Å². The number of hydrogen-bond acceptors (Lipinski definition) is 2. The van der Waals surface area contributed by atoms with Gasteiger partial charge in [-0.1, -0.05) is 18.2 Å². The van der Waals surface area contributed by atoms with E-state index in [0.717, 1.165) is 11.1 Å². The molecule has 0 saturated heterocycles. The van der Waals surface area contributed by atoms with Gasteiger partial charge in [-0.05, 0) is 29.8 Å². The lowest BCUT2D eigenvalue weighted by molar-refractivity contribution is 0.622. The third-order valence-corrected chi connectivity index (χ3v) is 3.39. The molecule has 0 bridgehead atoms. The molecule has 102 valence electrons. The van der Waals surface area contributed by atoms with Gasteiger partial charge in [0.2, 0.25) is 0 Å². The molecule has 0 N–H and O–H groups in total. The van der Waals surface area contributed by atoms with Crippen LogP contribution in [-0.2, 0) is 6.54 Å². The average Bonchev–Trinajstić information content (AvgIpc) is 2.52. The van der Waals surface area contributed by atoms with Crippen molar-refractivity contribution >= 4 is 10.9 Å². The topological polar surface area (TPSA) is 45.8 Å². The number of hydrogen-bond donors (Lipinski definition) is 0. The van der Waals surface area contributed by atoms with Crippen molar-refractivity contribution in [3.63, 3.8) is 0 Å². The quantitative estimate of drug-likeness (QED) is 0.723. The van der Waals surface area contributed by atoms with Crippen molar-refractivity contribution in [2.24, 2.45) is 0 Å². The van der Waals surface area contributed by atoms with Crippen LogP contribution in [0.2, 0.25) is 0 Å². The average molecular weight is 278 g/mol. The Hall–Kier alpha value is -2.93. The van der Waals surface area contributed by atoms with Gasteiger partial charge in [0.15, 0.2) is 5.43 Å². The second-order valence-corrected chi connectivity index (χ2v) is 4.75. The third-order valence-electron chi connectivity index (χ3n) is 3.39. The predicted molar refractivity (Wildman–Crippen MR) is 78.4 cm³/mol. The van der Waals surface area contributed by atoms with Crippen LogP contribution in [0.25, 0.3) is 10.9 Å². The van der Waals surface area contributed by atoms with Crippen molar-refractivity contribution in [3.05, 3.63) is 81.9 Å². The molecule has 0 atom stereocenters. The predicted octanol–water partition coefficient (Wildman–Crippen LogP) is 3.06. The molecular weight excluding hydrogens is 267 g/mol. The zero-order valence-corrected chi connectivity index (χ0v) is 11.1. The fraction of sp³-hybridized carbons (Fsp3) is 0.0588. The highest BCUT2D eigenvalue weighted by atomic mass is 19.1. The Bertz CT molecular complexity index is 922. The Kier molecular flexibility index (Phi) is 3.25. The number of halogens is 1. The van der Waals surface area contributed by atoms with Gasteiger partial charge in [-0.15, -0.1) is 0 Å². The zero-order valence-electron chi connectivity index (χ0n) is 11.1. The largest absolute Gasteiger partial charge is 0.343 e. The summed E-state index contributed by atoms with van der Waals surface area (Å²) in [6.07, 6.45) is 1.71. The molecule has 1 heterocycles. The number of para-hydroxylation sites is 1. The fourth-order valence-corrected chi connectivity index (χ4v) is 2.35. The lowest BCUT2D eigenvalue weighted by atomic mass is 10.1. The Morgan fingerprint density at radius 2 is 1.95 bits per heavy atom. The Balaban J connectivity index is 2.09. The highest BCUT2D eigenvalue weighted by molar-refractivity contribution is 5.78. The first-order valence-corrected chi connectivity index (χ1v) is 6.46. The maximum Gasteiger partial charge on any atom is 0.189 e. The molecule has 0 saturated carbocycles. The Labute approximate surface area is 120 Å². The number of nitriles is 1. The smallest absolute Gasteiger partial charge is 0.189 e. The summed E-state index contributed by atoms with van der Waals surface area (Å²) >= 11 is 0. The molecule has 3 rings (SSSR count). The highest BCUT2D eigenvalue weighted by Gasteiger charge is 2.06. The van der Waals surface area contributed by atoms with Crippen LogP contribution >= 0.6 is 0 Å². The van der Waals surface area contributed by atoms with Gasteiger partial charge in [0.05, 0.1) is 11.1 Å². The number of pyridine rings is 1. The molecule has 0 fully saturated rings. The molecule has 21 heavy (non-hydrogen) atoms. The molecular formula is C17H11FN2O. The van der Waals surface area contributed by atoms with Crippen molar-refractivity contribution in [1.82, 2.24) is 4.57 Å². The van der Waals surface area contributed by atoms with Gasteiger partial charge in [-0.2, -0.15) is 5.26 Å². The van der Waals surface area contributed by atoms with E-state index in [2.05, 4.69) is 0 Å². The lowest BCUT2D eigenvalue weighted by Crippen LogP contribution is -2.08. The minimum absolute atomic E-state index is 0.0258. The molecule has 0 spiro atoms. The minimum atomic E-state index is -0.522. The molecule has 0 radical (unpaired) electrons. The summed E-state index contributed by atoms with van der Waals surface area (Å²) < 4.78 is 15.3. The van der Waals surface area contributed by atoms with E-state index in [4.69, 9.17) is 5.26 Å². The van der Waals surface area contributed by atoms with Crippen molar-refractivity contribution in [3.8, 4) is 6.07 Å². The number of benzene rings is 2. The van der Waals surface area contributed by atoms with Crippen LogP contribution in [0.4, 0.5) is 4.39 Å². The highest BCUT2D eigenvalue weighted by Crippen LogP contribution is 2.14. The standard InChI is InChI=1S/C17H11FN2O/c18-15-6-5-12(9-13(15)10-19)11-20-8-7-17(21)14-3-1-2-4-16(14)20/h1-9H,11H2. The maximum atomic E-state index is 13.3. The van der Waals surface area contributed by atoms with Gasteiger partial charge in [0.1, 0.15) is 11.9 Å². The van der Waals surface area contributed by atoms with Gasteiger partial charge < -0.3 is 4.57 Å². The first-order chi connectivity index (χ1) is 10.2. The number of nitrogens with zero attached hydrogens (tertiary/aromatic N) is 2. The Morgan fingerprint density at radius 1 is 1.14 bits per heavy atom. The number of rotatable bonds is 2. The third kappa shape index (κ3) is 2.41. The molecule has 3 aromatic rings. The summed E-state index contributed by atoms with van der Waals surface area (Å²) in [5, 5.41) is 9.52. The van der Waals surface area contributed by atoms with Crippen molar-refractivity contribution in [1.29, 1.82) is 5.26 Å². The van der Waals surface area contributed by atoms with Crippen LogP contribution in [0.1, 0.15) is 11.1 Å². The number of fused-ring (bicyclic) bond motifs is 1. The van der Waals surface area contributed by atoms with Gasteiger partial charge in [-0.25, -0.2) is 4.39 Å². The van der Waals surface area contributed by atoms with Crippen LogP contribution in [0.5, 0.6) is 0 Å². The second kappa shape index (κ2) is 5.22. The molecule has 4 heteroatoms. The van der Waals surface area contributed by atoms with E-state index in [-0.39, 0.29) is 11.0 Å². The van der Waals surface area contributed by atoms with Crippen LogP contribution < -0.4 is 5.43 Å². The van der Waals surface area contributed by atoms with Gasteiger partial charge in [-0.3, -0.25) is 4.79 Å². The van der Waals surface area contributed by atoms with E-state index in [1.165, 1.54) is 18.2 Å². The summed E-state index contributed by atoms with van der Waals surface area (Å²) in [4.78, 5) is 11.8. The van der Waals surface area contributed by atoms with Gasteiger partial charge >= 0.3 is 0 Å². The summed E-state index contributed by atoms with van der Waals surface area (Å²) in [6.45, 7) is 0.468. The molecule has 0 aliphatic rings. The first-order valence-electron chi connectivity index (χ1n) is 6.46. The van der Waals surface area contributed by atoms with E-state index >= 15 is 0 Å². The number of aromatic nitrogens is 1. The molecule has 2 aromatic carbocycles. The fourth-order valence-electron chi connectivity index (χ4n) is 2.35. The van der Waals surface area contributed by atoms with Crippen molar-refractivity contribution in [2.45, 2.75) is 6.54 Å². The van der Waals surface area contributed by atoms with Crippen molar-refractivity contribution in [2.75, 3.05) is 0 Å². The van der Waals surface area contributed by atoms with Crippen molar-refractivity contribution < 1.29 is 4.39 Å². The molecule has 0 aliphatic heterocycles. The molecule has 0 aliphatic carbocycles. The summed E-state index contributed by atoms with van der Waals surface area (Å²) in [6, 6.07) is 15.1. The summed E-state index contributed by atoms with van der Waals surface area (Å²) in [5.74, 6) is -0.522. The van der Waals surface area contributed by atoms with Crippen LogP contribution in [0, 0.1) is 17.1 Å². The first kappa shape index (κ1) is 13.1. The zero-order chi connectivity index (χ0) is 14.8. The van der Waals surface area contributed by atoms with E-state index in [1.807, 2.05) is 28.8 Å². The van der Waals surface area contributed by atoms with E-state index in [0.29, 0.717) is 11.9 Å². The van der Waals surface area contributed by atoms with Crippen LogP contribution in [0.15, 0.2) is 59.5 Å². The van der Waals surface area contributed by atoms with Crippen LogP contribution in [0.3, 0.4) is 0 Å². The Morgan fingerprint density at radius 3 is 2.76 bits per heavy atom. The van der Waals surface area contributed by atoms with E-state index < -0.39 is 5.82 Å². The maximum absolute atomic E-state index is 13.3. The molecule has 1 aromatic heterocycles. The van der Waals surface area contributed by atoms with Gasteiger partial charge in [0.25, 0.3) is 0 Å². The van der Waals surface area contributed by atoms with E-state index in [1.54, 1.807) is 18.3 Å².